The molecule has 13 heteroatoms. The molecule has 38 heavy (non-hydrogen) atoms. The van der Waals surface area contributed by atoms with Gasteiger partial charge in [0.2, 0.25) is 0 Å². The number of carbonyl (C=O) groups is 1. The third-order valence-electron chi connectivity index (χ3n) is 5.96. The minimum Gasteiger partial charge on any atom is -0.490 e. The van der Waals surface area contributed by atoms with Crippen molar-refractivity contribution in [1.29, 1.82) is 0 Å². The molecule has 0 aliphatic carbocycles. The van der Waals surface area contributed by atoms with Crippen molar-refractivity contribution in [3.63, 3.8) is 0 Å². The number of fused-ring (bicyclic) bond motifs is 2. The Bertz CT molecular complexity index is 1580. The molecule has 10 nitrogen and oxygen atoms in total. The highest BCUT2D eigenvalue weighted by molar-refractivity contribution is 7.92. The van der Waals surface area contributed by atoms with Gasteiger partial charge in [-0.2, -0.15) is 8.42 Å². The van der Waals surface area contributed by atoms with Crippen LogP contribution in [0.25, 0.3) is 15.9 Å². The molecule has 0 aliphatic heterocycles. The van der Waals surface area contributed by atoms with E-state index in [0.717, 1.165) is 13.1 Å². The molecule has 0 saturated heterocycles. The zero-order valence-electron chi connectivity index (χ0n) is 22.2. The molecule has 0 fully saturated rings. The van der Waals surface area contributed by atoms with Crippen molar-refractivity contribution in [2.45, 2.75) is 52.2 Å². The van der Waals surface area contributed by atoms with Crippen molar-refractivity contribution in [3.05, 3.63) is 40.6 Å². The lowest BCUT2D eigenvalue weighted by molar-refractivity contribution is 0.0540. The fourth-order valence-electron chi connectivity index (χ4n) is 4.18. The lowest BCUT2D eigenvalue weighted by Crippen LogP contribution is -2.28. The van der Waals surface area contributed by atoms with Crippen LogP contribution in [0.1, 0.15) is 40.3 Å². The summed E-state index contributed by atoms with van der Waals surface area (Å²) in [6, 6.07) is 4.90. The number of rotatable bonds is 9. The lowest BCUT2D eigenvalue weighted by Gasteiger charge is -2.20. The van der Waals surface area contributed by atoms with Gasteiger partial charge < -0.3 is 14.4 Å². The van der Waals surface area contributed by atoms with Gasteiger partial charge in [0.05, 0.1) is 11.2 Å². The molecular formula is C25H32ClN5O5S2. The van der Waals surface area contributed by atoms with Crippen LogP contribution in [0.3, 0.4) is 0 Å². The Morgan fingerprint density at radius 2 is 1.95 bits per heavy atom. The molecular weight excluding hydrogens is 550 g/mol. The van der Waals surface area contributed by atoms with Crippen LogP contribution in [0, 0.1) is 6.92 Å². The van der Waals surface area contributed by atoms with E-state index in [1.165, 1.54) is 20.3 Å². The Kier molecular flexibility index (Phi) is 7.99. The van der Waals surface area contributed by atoms with Crippen LogP contribution in [0.15, 0.2) is 34.8 Å². The zero-order valence-corrected chi connectivity index (χ0v) is 24.6. The molecule has 206 valence electrons. The minimum atomic E-state index is -4.08. The standard InChI is InChI=1S/C25H32ClN5O5S2/c1-7-29(8-2)11-13-35-20-16(3)31(24(32)36-25(4,5)6)19-10-9-17(15-18(19)20)28-38(33,34)22-21(26)27-23-30(22)12-14-37-23/h9-10,12,14-15,28H,7-8,11,13H2,1-6H3. The van der Waals surface area contributed by atoms with Crippen molar-refractivity contribution < 1.29 is 22.7 Å². The van der Waals surface area contributed by atoms with E-state index in [0.29, 0.717) is 40.5 Å². The van der Waals surface area contributed by atoms with Gasteiger partial charge in [-0.1, -0.05) is 25.4 Å². The Labute approximate surface area is 231 Å². The van der Waals surface area contributed by atoms with Crippen LogP contribution in [-0.2, 0) is 14.8 Å². The Morgan fingerprint density at radius 1 is 1.24 bits per heavy atom. The molecule has 1 aromatic carbocycles. The molecule has 4 rings (SSSR count). The van der Waals surface area contributed by atoms with Crippen molar-refractivity contribution in [2.75, 3.05) is 31.0 Å². The summed E-state index contributed by atoms with van der Waals surface area (Å²) in [6.07, 6.45) is 1.06. The van der Waals surface area contributed by atoms with Gasteiger partial charge >= 0.3 is 6.09 Å². The predicted octanol–water partition coefficient (Wildman–Crippen LogP) is 5.62. The maximum atomic E-state index is 13.3. The normalized spacial score (nSPS) is 12.5. The summed E-state index contributed by atoms with van der Waals surface area (Å²) in [5.74, 6) is 0.488. The monoisotopic (exact) mass is 581 g/mol. The highest BCUT2D eigenvalue weighted by atomic mass is 35.5. The van der Waals surface area contributed by atoms with Gasteiger partial charge in [0.25, 0.3) is 10.0 Å². The van der Waals surface area contributed by atoms with Gasteiger partial charge in [-0.05, 0) is 59.0 Å². The number of likely N-dealkylation sites (N-methyl/N-ethyl adjacent to an activating group) is 1. The van der Waals surface area contributed by atoms with Gasteiger partial charge in [0.15, 0.2) is 15.1 Å². The molecule has 0 saturated carbocycles. The summed E-state index contributed by atoms with van der Waals surface area (Å²) in [5.41, 5.74) is 0.693. The molecule has 0 amide bonds. The fraction of sp³-hybridized carbons (Fsp3) is 0.440. The number of benzene rings is 1. The third kappa shape index (κ3) is 5.63. The summed E-state index contributed by atoms with van der Waals surface area (Å²) in [6.45, 7) is 14.2. The largest absolute Gasteiger partial charge is 0.490 e. The molecule has 0 atom stereocenters. The van der Waals surface area contributed by atoms with Crippen LogP contribution in [-0.4, -0.2) is 65.2 Å². The van der Waals surface area contributed by atoms with E-state index in [2.05, 4.69) is 28.5 Å². The number of aromatic nitrogens is 3. The summed E-state index contributed by atoms with van der Waals surface area (Å²) >= 11 is 7.46. The number of hydrogen-bond acceptors (Lipinski definition) is 8. The van der Waals surface area contributed by atoms with Crippen molar-refractivity contribution in [3.8, 4) is 5.75 Å². The zero-order chi connectivity index (χ0) is 27.8. The molecule has 1 N–H and O–H groups in total. The summed E-state index contributed by atoms with van der Waals surface area (Å²) in [4.78, 5) is 19.9. The maximum Gasteiger partial charge on any atom is 0.419 e. The number of imidazole rings is 1. The lowest BCUT2D eigenvalue weighted by atomic mass is 10.2. The number of thiazole rings is 1. The number of sulfonamides is 1. The first-order chi connectivity index (χ1) is 17.9. The number of nitrogens with one attached hydrogen (secondary N) is 1. The fourth-order valence-corrected chi connectivity index (χ4v) is 6.68. The molecule has 3 aromatic heterocycles. The topological polar surface area (TPSA) is 107 Å². The van der Waals surface area contributed by atoms with Gasteiger partial charge in [0, 0.05) is 29.2 Å². The van der Waals surface area contributed by atoms with E-state index < -0.39 is 21.7 Å². The van der Waals surface area contributed by atoms with E-state index in [-0.39, 0.29) is 15.9 Å². The minimum absolute atomic E-state index is 0.113. The van der Waals surface area contributed by atoms with Crippen LogP contribution < -0.4 is 9.46 Å². The second kappa shape index (κ2) is 10.8. The van der Waals surface area contributed by atoms with E-state index in [1.807, 2.05) is 0 Å². The Balaban J connectivity index is 1.75. The SMILES string of the molecule is CCN(CC)CCOc1c(C)n(C(=O)OC(C)(C)C)c2ccc(NS(=O)(=O)c3c(Cl)nc4sccn34)cc12. The van der Waals surface area contributed by atoms with Crippen LogP contribution in [0.5, 0.6) is 5.75 Å². The van der Waals surface area contributed by atoms with E-state index in [9.17, 15) is 13.2 Å². The number of ether oxygens (including phenoxy) is 2. The molecule has 0 aliphatic rings. The molecule has 0 spiro atoms. The quantitative estimate of drug-likeness (QED) is 0.273. The van der Waals surface area contributed by atoms with Crippen LogP contribution >= 0.6 is 22.9 Å². The van der Waals surface area contributed by atoms with Gasteiger partial charge in [-0.25, -0.2) is 14.3 Å². The number of halogens is 1. The second-order valence-corrected chi connectivity index (χ2v) is 12.5. The summed E-state index contributed by atoms with van der Waals surface area (Å²) < 4.78 is 43.9. The van der Waals surface area contributed by atoms with Gasteiger partial charge in [0.1, 0.15) is 18.0 Å². The first kappa shape index (κ1) is 28.2. The molecule has 3 heterocycles. The average Bonchev–Trinajstić information content (AvgIpc) is 3.46. The first-order valence-corrected chi connectivity index (χ1v) is 15.0. The highest BCUT2D eigenvalue weighted by Crippen LogP contribution is 2.36. The smallest absolute Gasteiger partial charge is 0.419 e. The molecule has 0 radical (unpaired) electrons. The molecule has 0 bridgehead atoms. The number of anilines is 1. The maximum absolute atomic E-state index is 13.3. The summed E-state index contributed by atoms with van der Waals surface area (Å²) in [7, 11) is -4.08. The number of carbonyl (C=O) groups excluding carboxylic acids is 1. The van der Waals surface area contributed by atoms with Gasteiger partial charge in [-0.3, -0.25) is 9.12 Å². The van der Waals surface area contributed by atoms with Crippen LogP contribution in [0.2, 0.25) is 5.15 Å². The van der Waals surface area contributed by atoms with Crippen molar-refractivity contribution in [2.24, 2.45) is 0 Å². The average molecular weight is 582 g/mol. The van der Waals surface area contributed by atoms with Crippen molar-refractivity contribution >= 4 is 60.6 Å². The van der Waals surface area contributed by atoms with E-state index in [1.54, 1.807) is 57.5 Å². The van der Waals surface area contributed by atoms with E-state index in [4.69, 9.17) is 21.1 Å². The Morgan fingerprint density at radius 3 is 2.61 bits per heavy atom. The predicted molar refractivity (Wildman–Crippen MR) is 150 cm³/mol. The van der Waals surface area contributed by atoms with Crippen molar-refractivity contribution in [1.82, 2.24) is 18.9 Å². The number of hydrogen-bond donors (Lipinski definition) is 1. The molecule has 4 aromatic rings. The van der Waals surface area contributed by atoms with E-state index >= 15 is 0 Å². The highest BCUT2D eigenvalue weighted by Gasteiger charge is 2.28. The van der Waals surface area contributed by atoms with Gasteiger partial charge in [-0.15, -0.1) is 11.3 Å². The number of nitrogens with zero attached hydrogens (tertiary/aromatic N) is 4. The van der Waals surface area contributed by atoms with Crippen LogP contribution in [0.4, 0.5) is 10.5 Å². The second-order valence-electron chi connectivity index (χ2n) is 9.71. The first-order valence-electron chi connectivity index (χ1n) is 12.2. The third-order valence-corrected chi connectivity index (χ3v) is 8.49. The Hall–Kier alpha value is -2.80. The molecule has 0 unspecified atom stereocenters. The summed E-state index contributed by atoms with van der Waals surface area (Å²) in [5, 5.41) is 2.05.